The number of rotatable bonds is 6. The molecule has 0 spiro atoms. The van der Waals surface area contributed by atoms with Crippen molar-refractivity contribution in [3.05, 3.63) is 177 Å². The van der Waals surface area contributed by atoms with Crippen molar-refractivity contribution in [2.45, 2.75) is 20.8 Å². The molecule has 0 unspecified atom stereocenters. The quantitative estimate of drug-likeness (QED) is 0.0520. The summed E-state index contributed by atoms with van der Waals surface area (Å²) in [5, 5.41) is 4.38. The van der Waals surface area contributed by atoms with E-state index in [1.807, 2.05) is 0 Å². The van der Waals surface area contributed by atoms with Gasteiger partial charge in [-0.1, -0.05) is 72.8 Å². The zero-order chi connectivity index (χ0) is 41.5. The van der Waals surface area contributed by atoms with Crippen LogP contribution >= 0.6 is 7.92 Å². The largest absolute Gasteiger partial charge is 0.265 e. The van der Waals surface area contributed by atoms with Gasteiger partial charge in [0.2, 0.25) is 0 Å². The molecule has 0 saturated heterocycles. The molecular formula is C39H21BF15P. The van der Waals surface area contributed by atoms with Crippen LogP contribution in [0.1, 0.15) is 16.7 Å². The second-order valence-corrected chi connectivity index (χ2v) is 14.2. The Labute approximate surface area is 310 Å². The molecule has 0 bridgehead atoms. The van der Waals surface area contributed by atoms with Gasteiger partial charge < -0.3 is 0 Å². The predicted molar refractivity (Wildman–Crippen MR) is 183 cm³/mol. The van der Waals surface area contributed by atoms with Crippen LogP contribution < -0.4 is 32.3 Å². The minimum atomic E-state index is -3.96. The summed E-state index contributed by atoms with van der Waals surface area (Å²) in [5.41, 5.74) is -3.91. The highest BCUT2D eigenvalue weighted by molar-refractivity contribution is 7.80. The molecule has 0 heterocycles. The highest BCUT2D eigenvalue weighted by atomic mass is 31.1. The van der Waals surface area contributed by atoms with Gasteiger partial charge in [-0.25, -0.2) is 65.9 Å². The van der Waals surface area contributed by atoms with Gasteiger partial charge in [0.05, 0.1) is 0 Å². The van der Waals surface area contributed by atoms with Crippen molar-refractivity contribution in [2.24, 2.45) is 0 Å². The summed E-state index contributed by atoms with van der Waals surface area (Å²) in [5.74, 6) is -45.2. The van der Waals surface area contributed by atoms with Gasteiger partial charge in [-0.05, 0) is 61.3 Å². The van der Waals surface area contributed by atoms with Crippen LogP contribution in [0.2, 0.25) is 0 Å². The molecule has 6 aromatic carbocycles. The van der Waals surface area contributed by atoms with Crippen LogP contribution in [-0.2, 0) is 0 Å². The van der Waals surface area contributed by atoms with E-state index in [1.165, 1.54) is 32.6 Å². The molecule has 17 heteroatoms. The van der Waals surface area contributed by atoms with Crippen LogP contribution in [0.25, 0.3) is 0 Å². The lowest BCUT2D eigenvalue weighted by molar-refractivity contribution is 0.380. The van der Waals surface area contributed by atoms with Gasteiger partial charge in [0, 0.05) is 16.4 Å². The maximum absolute atomic E-state index is 14.4. The Kier molecular flexibility index (Phi) is 12.3. The first-order valence-electron chi connectivity index (χ1n) is 15.9. The maximum atomic E-state index is 14.4. The topological polar surface area (TPSA) is 0 Å². The summed E-state index contributed by atoms with van der Waals surface area (Å²) in [4.78, 5) is 0. The lowest BCUT2D eigenvalue weighted by Crippen LogP contribution is -2.60. The average molecular weight is 816 g/mol. The molecule has 6 rings (SSSR count). The molecule has 0 aliphatic heterocycles. The van der Waals surface area contributed by atoms with Gasteiger partial charge in [0.15, 0.2) is 87.3 Å². The second-order valence-electron chi connectivity index (χ2n) is 12.1. The summed E-state index contributed by atoms with van der Waals surface area (Å²) < 4.78 is 209. The van der Waals surface area contributed by atoms with Crippen LogP contribution in [0.4, 0.5) is 65.9 Å². The smallest absolute Gasteiger partial charge is 0.204 e. The average Bonchev–Trinajstić information content (AvgIpc) is 3.18. The van der Waals surface area contributed by atoms with E-state index in [4.69, 9.17) is 0 Å². The third-order valence-electron chi connectivity index (χ3n) is 8.67. The molecule has 0 radical (unpaired) electrons. The fourth-order valence-corrected chi connectivity index (χ4v) is 8.66. The van der Waals surface area contributed by atoms with E-state index in [0.29, 0.717) is 0 Å². The number of benzene rings is 6. The second kappa shape index (κ2) is 16.5. The Balaban J connectivity index is 0.000000234. The number of hydrogen-bond acceptors (Lipinski definition) is 0. The monoisotopic (exact) mass is 816 g/mol. The lowest BCUT2D eigenvalue weighted by Gasteiger charge is -2.24. The van der Waals surface area contributed by atoms with Gasteiger partial charge in [-0.15, -0.1) is 0 Å². The molecule has 6 aromatic rings. The van der Waals surface area contributed by atoms with E-state index >= 15 is 0 Å². The summed E-state index contributed by atoms with van der Waals surface area (Å²) >= 11 is 0. The van der Waals surface area contributed by atoms with Crippen LogP contribution in [0.5, 0.6) is 0 Å². The number of hydrogen-bond donors (Lipinski definition) is 0. The fraction of sp³-hybridized carbons (Fsp3) is 0.0769. The van der Waals surface area contributed by atoms with Crippen LogP contribution in [-0.4, -0.2) is 6.71 Å². The molecule has 0 aliphatic carbocycles. The van der Waals surface area contributed by atoms with E-state index in [2.05, 4.69) is 93.6 Å². The highest BCUT2D eigenvalue weighted by Gasteiger charge is 2.45. The standard InChI is InChI=1S/C21H21P.C18BF15/c1-16-10-4-7-13-19(16)22(20-14-8-5-11-17(20)2)21-15-9-6-12-18(21)3;20-4-1(5(21)11(27)16(32)10(4)26)19(2-6(22)12(28)17(33)13(29)7(2)23)3-8(24)14(30)18(34)15(31)9(3)25/h4-15H,1-3H3;. The first kappa shape index (κ1) is 41.9. The summed E-state index contributed by atoms with van der Waals surface area (Å²) in [7, 11) is -0.508. The zero-order valence-corrected chi connectivity index (χ0v) is 29.5. The van der Waals surface area contributed by atoms with Crippen LogP contribution in [0.15, 0.2) is 72.8 Å². The van der Waals surface area contributed by atoms with Crippen molar-refractivity contribution in [2.75, 3.05) is 0 Å². The molecule has 0 aliphatic rings. The fourth-order valence-electron chi connectivity index (χ4n) is 5.89. The van der Waals surface area contributed by atoms with Crippen LogP contribution in [0.3, 0.4) is 0 Å². The first-order chi connectivity index (χ1) is 26.3. The normalized spacial score (nSPS) is 11.2. The Morgan fingerprint density at radius 3 is 0.661 bits per heavy atom. The van der Waals surface area contributed by atoms with E-state index in [-0.39, 0.29) is 0 Å². The van der Waals surface area contributed by atoms with E-state index in [9.17, 15) is 65.9 Å². The first-order valence-corrected chi connectivity index (χ1v) is 17.2. The third-order valence-corrected chi connectivity index (χ3v) is 11.6. The Bertz CT molecular complexity index is 2150. The third kappa shape index (κ3) is 7.26. The highest BCUT2D eigenvalue weighted by Crippen LogP contribution is 2.36. The van der Waals surface area contributed by atoms with Gasteiger partial charge in [0.1, 0.15) is 0 Å². The molecule has 290 valence electrons. The van der Waals surface area contributed by atoms with Gasteiger partial charge in [-0.2, -0.15) is 0 Å². The summed E-state index contributed by atoms with van der Waals surface area (Å²) in [6.07, 6.45) is 0. The lowest BCUT2D eigenvalue weighted by atomic mass is 9.36. The van der Waals surface area contributed by atoms with E-state index < -0.39 is 118 Å². The summed E-state index contributed by atoms with van der Waals surface area (Å²) in [6, 6.07) is 26.4. The maximum Gasteiger partial charge on any atom is 0.265 e. The van der Waals surface area contributed by atoms with Crippen molar-refractivity contribution >= 4 is 46.9 Å². The number of halogens is 15. The Hall–Kier alpha value is -5.24. The number of aryl methyl sites for hydroxylation is 3. The van der Waals surface area contributed by atoms with Gasteiger partial charge in [0.25, 0.3) is 6.71 Å². The molecular weight excluding hydrogens is 795 g/mol. The van der Waals surface area contributed by atoms with Crippen molar-refractivity contribution in [3.8, 4) is 0 Å². The molecule has 56 heavy (non-hydrogen) atoms. The van der Waals surface area contributed by atoms with Crippen molar-refractivity contribution < 1.29 is 65.9 Å². The zero-order valence-electron chi connectivity index (χ0n) is 28.6. The molecule has 0 saturated carbocycles. The van der Waals surface area contributed by atoms with Gasteiger partial charge >= 0.3 is 0 Å². The van der Waals surface area contributed by atoms with Crippen molar-refractivity contribution in [1.29, 1.82) is 0 Å². The molecule has 0 atom stereocenters. The van der Waals surface area contributed by atoms with Crippen molar-refractivity contribution in [1.82, 2.24) is 0 Å². The minimum Gasteiger partial charge on any atom is -0.204 e. The molecule has 0 aromatic heterocycles. The molecule has 0 nitrogen and oxygen atoms in total. The molecule has 0 amide bonds. The molecule has 0 N–H and O–H groups in total. The molecule has 0 fully saturated rings. The van der Waals surface area contributed by atoms with Gasteiger partial charge in [-0.3, -0.25) is 0 Å². The van der Waals surface area contributed by atoms with Crippen molar-refractivity contribution in [3.63, 3.8) is 0 Å². The van der Waals surface area contributed by atoms with E-state index in [0.717, 1.165) is 0 Å². The summed E-state index contributed by atoms with van der Waals surface area (Å²) in [6.45, 7) is 2.71. The Morgan fingerprint density at radius 1 is 0.286 bits per heavy atom. The predicted octanol–water partition coefficient (Wildman–Crippen LogP) is 8.66. The SMILES string of the molecule is Cc1ccccc1P(c1ccccc1C)c1ccccc1C.Fc1c(F)c(F)c(B(c2c(F)c(F)c(F)c(F)c2F)c2c(F)c(F)c(F)c(F)c2F)c(F)c1F. The Morgan fingerprint density at radius 2 is 0.464 bits per heavy atom. The minimum absolute atomic E-state index is 0.508. The van der Waals surface area contributed by atoms with Crippen LogP contribution in [0, 0.1) is 108 Å². The van der Waals surface area contributed by atoms with E-state index in [1.54, 1.807) is 0 Å².